The Morgan fingerprint density at radius 3 is 2.94 bits per heavy atom. The molecular formula is C11H14N2O3. The third-order valence-electron chi connectivity index (χ3n) is 3.08. The van der Waals surface area contributed by atoms with Crippen LogP contribution in [-0.2, 0) is 6.54 Å². The molecule has 2 rings (SSSR count). The first-order chi connectivity index (χ1) is 7.61. The predicted octanol–water partition coefficient (Wildman–Crippen LogP) is 0.697. The molecule has 5 nitrogen and oxygen atoms in total. The quantitative estimate of drug-likeness (QED) is 0.723. The van der Waals surface area contributed by atoms with Crippen LogP contribution in [-0.4, -0.2) is 14.7 Å². The Hall–Kier alpha value is -1.78. The van der Waals surface area contributed by atoms with Gasteiger partial charge in [0.1, 0.15) is 0 Å². The molecule has 0 aromatic carbocycles. The van der Waals surface area contributed by atoms with Gasteiger partial charge in [-0.2, -0.15) is 0 Å². The molecule has 1 heterocycles. The number of hydrogen-bond donors (Lipinski definition) is 2. The third-order valence-corrected chi connectivity index (χ3v) is 3.08. The zero-order valence-electron chi connectivity index (χ0n) is 9.06. The van der Waals surface area contributed by atoms with Crippen molar-refractivity contribution in [3.8, 4) is 0 Å². The van der Waals surface area contributed by atoms with Gasteiger partial charge in [-0.15, -0.1) is 0 Å². The Morgan fingerprint density at radius 1 is 1.62 bits per heavy atom. The molecule has 86 valence electrons. The van der Waals surface area contributed by atoms with Gasteiger partial charge in [0.05, 0.1) is 6.26 Å². The van der Waals surface area contributed by atoms with Gasteiger partial charge in [0.15, 0.2) is 0 Å². The van der Waals surface area contributed by atoms with E-state index in [4.69, 9.17) is 5.11 Å². The van der Waals surface area contributed by atoms with Gasteiger partial charge in [-0.3, -0.25) is 14.3 Å². The van der Waals surface area contributed by atoms with E-state index in [-0.39, 0.29) is 17.2 Å². The van der Waals surface area contributed by atoms with Crippen LogP contribution in [0.4, 0.5) is 0 Å². The van der Waals surface area contributed by atoms with Crippen molar-refractivity contribution in [2.24, 2.45) is 5.92 Å². The molecule has 1 unspecified atom stereocenters. The maximum absolute atomic E-state index is 11.5. The monoisotopic (exact) mass is 222 g/mol. The molecule has 0 saturated heterocycles. The molecule has 5 heteroatoms. The van der Waals surface area contributed by atoms with Crippen molar-refractivity contribution >= 4 is 0 Å². The van der Waals surface area contributed by atoms with Crippen LogP contribution >= 0.6 is 0 Å². The second-order valence-electron chi connectivity index (χ2n) is 4.16. The molecule has 0 radical (unpaired) electrons. The average molecular weight is 222 g/mol. The van der Waals surface area contributed by atoms with Crippen molar-refractivity contribution in [2.75, 3.05) is 0 Å². The minimum absolute atomic E-state index is 0.216. The summed E-state index contributed by atoms with van der Waals surface area (Å²) >= 11 is 0. The molecule has 0 bridgehead atoms. The van der Waals surface area contributed by atoms with E-state index in [1.165, 1.54) is 4.57 Å². The van der Waals surface area contributed by atoms with E-state index < -0.39 is 0 Å². The van der Waals surface area contributed by atoms with Gasteiger partial charge >= 0.3 is 5.69 Å². The number of aromatic nitrogens is 2. The molecule has 1 fully saturated rings. The zero-order chi connectivity index (χ0) is 11.7. The smallest absolute Gasteiger partial charge is 0.328 e. The summed E-state index contributed by atoms with van der Waals surface area (Å²) in [5.74, 6) is 0.216. The molecule has 0 aliphatic heterocycles. The fourth-order valence-electron chi connectivity index (χ4n) is 1.89. The van der Waals surface area contributed by atoms with E-state index >= 15 is 0 Å². The first-order valence-electron chi connectivity index (χ1n) is 5.25. The van der Waals surface area contributed by atoms with Crippen LogP contribution in [0, 0.1) is 12.8 Å². The van der Waals surface area contributed by atoms with Crippen molar-refractivity contribution in [1.82, 2.24) is 9.55 Å². The highest BCUT2D eigenvalue weighted by Gasteiger charge is 2.25. The van der Waals surface area contributed by atoms with Crippen LogP contribution in [0.3, 0.4) is 0 Å². The Bertz CT molecular complexity index is 539. The number of aliphatic hydroxyl groups is 1. The van der Waals surface area contributed by atoms with Crippen molar-refractivity contribution in [3.63, 3.8) is 0 Å². The molecular weight excluding hydrogens is 208 g/mol. The number of aromatic amines is 1. The average Bonchev–Trinajstić information content (AvgIpc) is 2.20. The standard InChI is InChI=1S/C11H14N2O3/c1-7-4-13(11(16)12-10(7)15)5-8-2-3-9(8)6-14/h4,6,8,14H,2-3,5H2,1H3,(H,12,15,16)/b9-6+. The van der Waals surface area contributed by atoms with Crippen molar-refractivity contribution in [1.29, 1.82) is 0 Å². The Labute approximate surface area is 92.1 Å². The van der Waals surface area contributed by atoms with E-state index in [0.29, 0.717) is 12.1 Å². The van der Waals surface area contributed by atoms with Gasteiger partial charge in [0, 0.05) is 24.2 Å². The molecule has 1 aliphatic rings. The number of rotatable bonds is 2. The summed E-state index contributed by atoms with van der Waals surface area (Å²) in [6.45, 7) is 2.18. The molecule has 1 aromatic heterocycles. The lowest BCUT2D eigenvalue weighted by Gasteiger charge is -2.29. The van der Waals surface area contributed by atoms with Crippen LogP contribution < -0.4 is 11.2 Å². The maximum atomic E-state index is 11.5. The minimum atomic E-state index is -0.389. The van der Waals surface area contributed by atoms with E-state index in [2.05, 4.69) is 4.98 Å². The first kappa shape index (κ1) is 10.7. The van der Waals surface area contributed by atoms with Crippen LogP contribution in [0.5, 0.6) is 0 Å². The highest BCUT2D eigenvalue weighted by molar-refractivity contribution is 5.12. The van der Waals surface area contributed by atoms with E-state index in [9.17, 15) is 9.59 Å². The Morgan fingerprint density at radius 2 is 2.38 bits per heavy atom. The normalized spacial score (nSPS) is 22.1. The van der Waals surface area contributed by atoms with Gasteiger partial charge in [-0.1, -0.05) is 0 Å². The van der Waals surface area contributed by atoms with Crippen LogP contribution in [0.25, 0.3) is 0 Å². The lowest BCUT2D eigenvalue weighted by atomic mass is 9.80. The summed E-state index contributed by atoms with van der Waals surface area (Å²) in [6, 6.07) is 0. The van der Waals surface area contributed by atoms with Crippen molar-refractivity contribution in [2.45, 2.75) is 26.3 Å². The van der Waals surface area contributed by atoms with Crippen LogP contribution in [0.1, 0.15) is 18.4 Å². The molecule has 1 saturated carbocycles. The number of aryl methyl sites for hydroxylation is 1. The number of aliphatic hydroxyl groups excluding tert-OH is 1. The lowest BCUT2D eigenvalue weighted by Crippen LogP contribution is -2.34. The van der Waals surface area contributed by atoms with E-state index in [0.717, 1.165) is 24.7 Å². The molecule has 1 aliphatic carbocycles. The molecule has 0 spiro atoms. The van der Waals surface area contributed by atoms with Gasteiger partial charge in [0.25, 0.3) is 5.56 Å². The summed E-state index contributed by atoms with van der Waals surface area (Å²) in [7, 11) is 0. The van der Waals surface area contributed by atoms with Gasteiger partial charge in [0.2, 0.25) is 0 Å². The van der Waals surface area contributed by atoms with E-state index in [1.54, 1.807) is 13.1 Å². The number of H-pyrrole nitrogens is 1. The second-order valence-corrected chi connectivity index (χ2v) is 4.16. The Balaban J connectivity index is 2.26. The van der Waals surface area contributed by atoms with Gasteiger partial charge in [-0.05, 0) is 25.3 Å². The summed E-state index contributed by atoms with van der Waals surface area (Å²) < 4.78 is 1.49. The minimum Gasteiger partial charge on any atom is -0.516 e. The zero-order valence-corrected chi connectivity index (χ0v) is 9.06. The Kier molecular flexibility index (Phi) is 2.68. The molecule has 16 heavy (non-hydrogen) atoms. The SMILES string of the molecule is Cc1cn(CC2CC/C2=C\O)c(=O)[nH]c1=O. The van der Waals surface area contributed by atoms with E-state index in [1.807, 2.05) is 0 Å². The number of hydrogen-bond acceptors (Lipinski definition) is 3. The number of allylic oxidation sites excluding steroid dienone is 1. The first-order valence-corrected chi connectivity index (χ1v) is 5.25. The maximum Gasteiger partial charge on any atom is 0.328 e. The summed E-state index contributed by atoms with van der Waals surface area (Å²) in [5.41, 5.74) is 0.761. The fourth-order valence-corrected chi connectivity index (χ4v) is 1.89. The molecule has 1 aromatic rings. The fraction of sp³-hybridized carbons (Fsp3) is 0.455. The van der Waals surface area contributed by atoms with Crippen molar-refractivity contribution < 1.29 is 5.11 Å². The molecule has 1 atom stereocenters. The molecule has 2 N–H and O–H groups in total. The summed E-state index contributed by atoms with van der Waals surface area (Å²) in [4.78, 5) is 24.9. The highest BCUT2D eigenvalue weighted by atomic mass is 16.2. The third kappa shape index (κ3) is 1.80. The molecule has 0 amide bonds. The largest absolute Gasteiger partial charge is 0.516 e. The van der Waals surface area contributed by atoms with Crippen molar-refractivity contribution in [3.05, 3.63) is 44.4 Å². The summed E-state index contributed by atoms with van der Waals surface area (Å²) in [6.07, 6.45) is 4.54. The topological polar surface area (TPSA) is 75.1 Å². The summed E-state index contributed by atoms with van der Waals surface area (Å²) in [5, 5.41) is 8.90. The highest BCUT2D eigenvalue weighted by Crippen LogP contribution is 2.33. The second kappa shape index (κ2) is 4.00. The predicted molar refractivity (Wildman–Crippen MR) is 59.5 cm³/mol. The van der Waals surface area contributed by atoms with Crippen LogP contribution in [0.15, 0.2) is 27.6 Å². The van der Waals surface area contributed by atoms with Gasteiger partial charge in [-0.25, -0.2) is 4.79 Å². The number of nitrogens with one attached hydrogen (secondary N) is 1. The number of nitrogens with zero attached hydrogens (tertiary/aromatic N) is 1. The van der Waals surface area contributed by atoms with Crippen LogP contribution in [0.2, 0.25) is 0 Å². The lowest BCUT2D eigenvalue weighted by molar-refractivity contribution is 0.347. The van der Waals surface area contributed by atoms with Gasteiger partial charge < -0.3 is 5.11 Å².